The molecule has 0 bridgehead atoms. The quantitative estimate of drug-likeness (QED) is 0.495. The lowest BCUT2D eigenvalue weighted by atomic mass is 10.1. The molecule has 30 heavy (non-hydrogen) atoms. The summed E-state index contributed by atoms with van der Waals surface area (Å²) in [6.45, 7) is 5.56. The number of anilines is 3. The Morgan fingerprint density at radius 3 is 2.90 bits per heavy atom. The van der Waals surface area contributed by atoms with Crippen molar-refractivity contribution in [2.24, 2.45) is 0 Å². The fourth-order valence-corrected chi connectivity index (χ4v) is 4.29. The highest BCUT2D eigenvalue weighted by atomic mass is 32.1. The molecule has 4 aromatic heterocycles. The summed E-state index contributed by atoms with van der Waals surface area (Å²) in [5, 5.41) is 15.3. The van der Waals surface area contributed by atoms with Crippen LogP contribution in [0.5, 0.6) is 0 Å². The number of rotatable bonds is 5. The number of aromatic amines is 1. The summed E-state index contributed by atoms with van der Waals surface area (Å²) in [6.07, 6.45) is 4.84. The van der Waals surface area contributed by atoms with Gasteiger partial charge in [-0.2, -0.15) is 5.10 Å². The number of nitrogens with one attached hydrogen (secondary N) is 2. The minimum absolute atomic E-state index is 0.297. The first-order chi connectivity index (χ1) is 14.6. The minimum atomic E-state index is -0.480. The van der Waals surface area contributed by atoms with Crippen molar-refractivity contribution >= 4 is 28.2 Å². The van der Waals surface area contributed by atoms with E-state index in [2.05, 4.69) is 49.4 Å². The predicted octanol–water partition coefficient (Wildman–Crippen LogP) is 3.88. The van der Waals surface area contributed by atoms with E-state index >= 15 is 0 Å². The summed E-state index contributed by atoms with van der Waals surface area (Å²) in [5.74, 6) is 1.90. The fraction of sp³-hybridized carbons (Fsp3) is 0.316. The first kappa shape index (κ1) is 18.7. The third-order valence-corrected chi connectivity index (χ3v) is 5.87. The van der Waals surface area contributed by atoms with Crippen LogP contribution in [0.2, 0.25) is 0 Å². The summed E-state index contributed by atoms with van der Waals surface area (Å²) in [6, 6.07) is 2.00. The van der Waals surface area contributed by atoms with Gasteiger partial charge < -0.3 is 14.7 Å². The molecule has 0 amide bonds. The highest BCUT2D eigenvalue weighted by Crippen LogP contribution is 2.39. The highest BCUT2D eigenvalue weighted by Gasteiger charge is 2.26. The zero-order chi connectivity index (χ0) is 20.7. The Balaban J connectivity index is 1.40. The number of fused-ring (bicyclic) bond motifs is 3. The lowest BCUT2D eigenvalue weighted by Gasteiger charge is -2.20. The summed E-state index contributed by atoms with van der Waals surface area (Å²) in [7, 11) is 0. The number of nitrogens with zero attached hydrogens (tertiary/aromatic N) is 6. The average molecular weight is 426 g/mol. The van der Waals surface area contributed by atoms with Gasteiger partial charge in [0.25, 0.3) is 0 Å². The third kappa shape index (κ3) is 3.52. The van der Waals surface area contributed by atoms with Gasteiger partial charge in [-0.1, -0.05) is 19.0 Å². The molecule has 0 saturated carbocycles. The van der Waals surface area contributed by atoms with E-state index in [1.54, 1.807) is 6.20 Å². The number of thiazole rings is 1. The normalized spacial score (nSPS) is 13.3. The number of H-pyrrole nitrogens is 1. The van der Waals surface area contributed by atoms with Gasteiger partial charge in [0.05, 0.1) is 36.4 Å². The van der Waals surface area contributed by atoms with Crippen LogP contribution in [0.25, 0.3) is 11.3 Å². The van der Waals surface area contributed by atoms with Gasteiger partial charge >= 0.3 is 0 Å². The second-order valence-corrected chi connectivity index (χ2v) is 8.40. The Morgan fingerprint density at radius 2 is 2.13 bits per heavy atom. The number of halogens is 1. The Hall–Kier alpha value is -3.34. The van der Waals surface area contributed by atoms with Crippen molar-refractivity contribution in [3.63, 3.8) is 0 Å². The molecule has 1 aliphatic heterocycles. The van der Waals surface area contributed by atoms with Crippen molar-refractivity contribution in [1.82, 2.24) is 30.3 Å². The molecule has 0 fully saturated rings. The van der Waals surface area contributed by atoms with E-state index in [0.717, 1.165) is 58.8 Å². The maximum absolute atomic E-state index is 13.0. The van der Waals surface area contributed by atoms with Crippen LogP contribution in [0.15, 0.2) is 29.2 Å². The standard InChI is InChI=1S/C19H19FN8OS/c1-10(2)14-5-12(27-29-14)9-28-4-3-15-16(13-8-23-26-17(13)28)24-19(30-15)25-18-21-6-11(20)7-22-18/h5-8,10H,3-4,9H2,1-2H3,(H,23,26)(H,21,22,24,25). The molecule has 1 aliphatic rings. The van der Waals surface area contributed by atoms with Gasteiger partial charge in [-0.3, -0.25) is 5.10 Å². The number of hydrogen-bond donors (Lipinski definition) is 2. The van der Waals surface area contributed by atoms with Crippen LogP contribution in [0.1, 0.15) is 36.1 Å². The molecule has 5 rings (SSSR count). The van der Waals surface area contributed by atoms with Crippen LogP contribution in [-0.4, -0.2) is 36.9 Å². The molecule has 0 atom stereocenters. The monoisotopic (exact) mass is 426 g/mol. The van der Waals surface area contributed by atoms with Crippen LogP contribution in [-0.2, 0) is 13.0 Å². The van der Waals surface area contributed by atoms with Gasteiger partial charge in [0, 0.05) is 29.8 Å². The molecule has 9 nitrogen and oxygen atoms in total. The van der Waals surface area contributed by atoms with Gasteiger partial charge in [0.1, 0.15) is 17.3 Å². The largest absolute Gasteiger partial charge is 0.361 e. The maximum atomic E-state index is 13.0. The van der Waals surface area contributed by atoms with E-state index in [1.165, 1.54) is 11.3 Å². The smallest absolute Gasteiger partial charge is 0.229 e. The van der Waals surface area contributed by atoms with Gasteiger partial charge in [0.2, 0.25) is 5.95 Å². The van der Waals surface area contributed by atoms with Crippen molar-refractivity contribution in [3.05, 3.63) is 46.8 Å². The molecule has 0 unspecified atom stereocenters. The SMILES string of the molecule is CC(C)c1cc(CN2CCc3sc(Nc4ncc(F)cn4)nc3-c3cn[nH]c32)no1. The predicted molar refractivity (Wildman–Crippen MR) is 110 cm³/mol. The van der Waals surface area contributed by atoms with Crippen LogP contribution in [0.3, 0.4) is 0 Å². The van der Waals surface area contributed by atoms with Gasteiger partial charge in [-0.25, -0.2) is 19.3 Å². The van der Waals surface area contributed by atoms with Crippen molar-refractivity contribution in [2.45, 2.75) is 32.7 Å². The van der Waals surface area contributed by atoms with E-state index < -0.39 is 5.82 Å². The molecule has 11 heteroatoms. The van der Waals surface area contributed by atoms with Crippen molar-refractivity contribution in [2.75, 3.05) is 16.8 Å². The van der Waals surface area contributed by atoms with Crippen LogP contribution in [0.4, 0.5) is 21.3 Å². The first-order valence-corrected chi connectivity index (χ1v) is 10.4. The molecule has 0 aliphatic carbocycles. The molecule has 0 radical (unpaired) electrons. The average Bonchev–Trinajstić information content (AvgIpc) is 3.45. The second-order valence-electron chi connectivity index (χ2n) is 7.32. The molecule has 5 heterocycles. The fourth-order valence-electron chi connectivity index (χ4n) is 3.33. The second kappa shape index (κ2) is 7.48. The van der Waals surface area contributed by atoms with Gasteiger partial charge in [-0.05, 0) is 0 Å². The molecule has 154 valence electrons. The minimum Gasteiger partial charge on any atom is -0.361 e. The van der Waals surface area contributed by atoms with Crippen molar-refractivity contribution in [3.8, 4) is 11.3 Å². The Kier molecular flexibility index (Phi) is 4.66. The Morgan fingerprint density at radius 1 is 1.30 bits per heavy atom. The molecule has 0 spiro atoms. The summed E-state index contributed by atoms with van der Waals surface area (Å²) >= 11 is 1.53. The summed E-state index contributed by atoms with van der Waals surface area (Å²) in [4.78, 5) is 15.9. The van der Waals surface area contributed by atoms with Crippen molar-refractivity contribution in [1.29, 1.82) is 0 Å². The lowest BCUT2D eigenvalue weighted by Crippen LogP contribution is -2.25. The van der Waals surface area contributed by atoms with Crippen LogP contribution >= 0.6 is 11.3 Å². The van der Waals surface area contributed by atoms with E-state index in [1.807, 2.05) is 6.07 Å². The van der Waals surface area contributed by atoms with E-state index in [9.17, 15) is 4.39 Å². The third-order valence-electron chi connectivity index (χ3n) is 4.83. The maximum Gasteiger partial charge on any atom is 0.229 e. The van der Waals surface area contributed by atoms with E-state index in [-0.39, 0.29) is 0 Å². The molecule has 0 saturated heterocycles. The molecular formula is C19H19FN8OS. The Bertz CT molecular complexity index is 1170. The summed E-state index contributed by atoms with van der Waals surface area (Å²) in [5.41, 5.74) is 2.69. The molecule has 2 N–H and O–H groups in total. The first-order valence-electron chi connectivity index (χ1n) is 9.55. The molecule has 4 aromatic rings. The number of hydrogen-bond acceptors (Lipinski definition) is 9. The molecule has 0 aromatic carbocycles. The Labute approximate surface area is 175 Å². The van der Waals surface area contributed by atoms with E-state index in [4.69, 9.17) is 9.51 Å². The number of aromatic nitrogens is 6. The van der Waals surface area contributed by atoms with E-state index in [0.29, 0.717) is 23.5 Å². The zero-order valence-electron chi connectivity index (χ0n) is 16.4. The topological polar surface area (TPSA) is 109 Å². The van der Waals surface area contributed by atoms with Crippen molar-refractivity contribution < 1.29 is 8.91 Å². The lowest BCUT2D eigenvalue weighted by molar-refractivity contribution is 0.365. The van der Waals surface area contributed by atoms with Crippen LogP contribution < -0.4 is 10.2 Å². The summed E-state index contributed by atoms with van der Waals surface area (Å²) < 4.78 is 18.5. The molecular weight excluding hydrogens is 407 g/mol. The highest BCUT2D eigenvalue weighted by molar-refractivity contribution is 7.16. The van der Waals surface area contributed by atoms with Gasteiger partial charge in [-0.15, -0.1) is 11.3 Å². The van der Waals surface area contributed by atoms with Crippen LogP contribution in [0, 0.1) is 5.82 Å². The zero-order valence-corrected chi connectivity index (χ0v) is 17.2. The van der Waals surface area contributed by atoms with Gasteiger partial charge in [0.15, 0.2) is 10.9 Å².